The summed E-state index contributed by atoms with van der Waals surface area (Å²) in [6.07, 6.45) is 0. The Morgan fingerprint density at radius 2 is 0.725 bits per heavy atom. The average molecular weight is 1040 g/mol. The Morgan fingerprint density at radius 1 is 0.325 bits per heavy atom. The molecular weight excluding hydrogens is 985 g/mol. The molecule has 80 heavy (non-hydrogen) atoms. The van der Waals surface area contributed by atoms with E-state index in [-0.39, 0.29) is 16.4 Å². The molecule has 4 aromatic heterocycles. The van der Waals surface area contributed by atoms with E-state index in [2.05, 4.69) is 209 Å². The quantitative estimate of drug-likeness (QED) is 0.162. The predicted octanol–water partition coefficient (Wildman–Crippen LogP) is 20.9. The van der Waals surface area contributed by atoms with Gasteiger partial charge in [-0.25, -0.2) is 0 Å². The number of nitriles is 2. The van der Waals surface area contributed by atoms with Crippen molar-refractivity contribution in [2.45, 2.75) is 52.4 Å². The van der Waals surface area contributed by atoms with Crippen molar-refractivity contribution in [2.75, 3.05) is 9.80 Å². The number of hydrogen-bond donors (Lipinski definition) is 0. The first-order valence-corrected chi connectivity index (χ1v) is 27.0. The topological polar surface area (TPSA) is 107 Å². The molecule has 8 nitrogen and oxygen atoms in total. The van der Waals surface area contributed by atoms with Crippen LogP contribution < -0.4 is 9.80 Å². The van der Waals surface area contributed by atoms with Crippen molar-refractivity contribution in [3.8, 4) is 12.1 Å². The molecule has 15 aromatic rings. The molecule has 0 N–H and O–H groups in total. The van der Waals surface area contributed by atoms with Crippen molar-refractivity contribution >= 4 is 143 Å². The van der Waals surface area contributed by atoms with Crippen LogP contribution in [0.3, 0.4) is 0 Å². The first kappa shape index (κ1) is 47.0. The van der Waals surface area contributed by atoms with E-state index in [4.69, 9.17) is 17.7 Å². The number of rotatable bonds is 6. The lowest BCUT2D eigenvalue weighted by atomic mass is 9.86. The van der Waals surface area contributed by atoms with Crippen molar-refractivity contribution in [3.63, 3.8) is 0 Å². The summed E-state index contributed by atoms with van der Waals surface area (Å²) in [5.41, 5.74) is 13.5. The molecule has 0 aliphatic carbocycles. The maximum Gasteiger partial charge on any atom is 0.159 e. The fourth-order valence-electron chi connectivity index (χ4n) is 12.4. The highest BCUT2D eigenvalue weighted by Gasteiger charge is 2.29. The van der Waals surface area contributed by atoms with Crippen LogP contribution in [0.2, 0.25) is 0 Å². The molecule has 0 bridgehead atoms. The van der Waals surface area contributed by atoms with E-state index in [1.165, 1.54) is 0 Å². The molecule has 0 spiro atoms. The second-order valence-electron chi connectivity index (χ2n) is 23.1. The lowest BCUT2D eigenvalue weighted by molar-refractivity contribution is 0.572. The van der Waals surface area contributed by atoms with Gasteiger partial charge in [0.25, 0.3) is 0 Å². The minimum Gasteiger partial charge on any atom is -0.454 e. The lowest BCUT2D eigenvalue weighted by Crippen LogP contribution is -2.11. The molecule has 15 rings (SSSR count). The van der Waals surface area contributed by atoms with Crippen LogP contribution in [0.1, 0.15) is 63.8 Å². The van der Waals surface area contributed by atoms with Crippen molar-refractivity contribution < 1.29 is 17.7 Å². The molecule has 382 valence electrons. The first-order valence-electron chi connectivity index (χ1n) is 27.0. The summed E-state index contributed by atoms with van der Waals surface area (Å²) < 4.78 is 27.3. The van der Waals surface area contributed by atoms with Gasteiger partial charge in [0.15, 0.2) is 22.3 Å². The molecule has 0 fully saturated rings. The second kappa shape index (κ2) is 17.1. The highest BCUT2D eigenvalue weighted by atomic mass is 16.3. The van der Waals surface area contributed by atoms with Crippen LogP contribution in [-0.4, -0.2) is 0 Å². The monoisotopic (exact) mass is 1030 g/mol. The molecule has 0 saturated carbocycles. The third kappa shape index (κ3) is 6.99. The van der Waals surface area contributed by atoms with Crippen molar-refractivity contribution in [1.82, 2.24) is 0 Å². The Hall–Kier alpha value is -10.3. The molecule has 0 saturated heterocycles. The molecule has 0 amide bonds. The van der Waals surface area contributed by atoms with Gasteiger partial charge >= 0.3 is 0 Å². The number of furan rings is 4. The van der Waals surface area contributed by atoms with E-state index in [0.717, 1.165) is 121 Å². The molecular formula is C72H50N4O4. The highest BCUT2D eigenvalue weighted by molar-refractivity contribution is 6.24. The maximum absolute atomic E-state index is 11.2. The summed E-state index contributed by atoms with van der Waals surface area (Å²) in [7, 11) is 0. The van der Waals surface area contributed by atoms with E-state index >= 15 is 0 Å². The molecule has 4 heterocycles. The number of hydrogen-bond acceptors (Lipinski definition) is 8. The van der Waals surface area contributed by atoms with Gasteiger partial charge in [-0.3, -0.25) is 0 Å². The average Bonchev–Trinajstić information content (AvgIpc) is 4.32. The summed E-state index contributed by atoms with van der Waals surface area (Å²) in [6, 6.07) is 72.1. The summed E-state index contributed by atoms with van der Waals surface area (Å²) in [5, 5.41) is 32.9. The Labute approximate surface area is 460 Å². The number of para-hydroxylation sites is 6. The normalized spacial score (nSPS) is 12.3. The molecule has 0 atom stereocenters. The zero-order chi connectivity index (χ0) is 54.3. The molecule has 8 heteroatoms. The number of fused-ring (bicyclic) bond motifs is 14. The number of nitrogens with zero attached hydrogens (tertiary/aromatic N) is 4. The van der Waals surface area contributed by atoms with E-state index < -0.39 is 0 Å². The van der Waals surface area contributed by atoms with Crippen LogP contribution in [-0.2, 0) is 10.8 Å². The van der Waals surface area contributed by atoms with Gasteiger partial charge in [-0.05, 0) is 117 Å². The van der Waals surface area contributed by atoms with E-state index in [1.54, 1.807) is 0 Å². The Morgan fingerprint density at radius 3 is 1.12 bits per heavy atom. The maximum atomic E-state index is 11.2. The largest absolute Gasteiger partial charge is 0.454 e. The Balaban J connectivity index is 0.871. The standard InChI is InChI=1S/C72H50N4O4/c1-71(2,3)57-25-13-21-49-51-23-15-27-59(67(51)79-65(49)57)75(45-17-9-7-10-18-45)47-31-29-41-35-53-61(37-43(41)33-47)77-69-56(40-74)70-64(55(39-73)63(53)69)54-36-42-30-32-48(34-44(42)38-62(54)78-70)76(46-19-11-8-12-20-46)60-28-16-24-52-50-22-14-26-58(72(4,5)6)66(50)80-68(52)60/h7-38H,1-6H3. The van der Waals surface area contributed by atoms with Gasteiger partial charge in [0, 0.05) is 77.0 Å². The van der Waals surface area contributed by atoms with Crippen molar-refractivity contribution in [2.24, 2.45) is 0 Å². The van der Waals surface area contributed by atoms with Crippen LogP contribution in [0.25, 0.3) is 109 Å². The van der Waals surface area contributed by atoms with Crippen LogP contribution in [0, 0.1) is 22.7 Å². The Kier molecular flexibility index (Phi) is 10.0. The second-order valence-corrected chi connectivity index (χ2v) is 23.1. The lowest BCUT2D eigenvalue weighted by Gasteiger charge is -2.25. The van der Waals surface area contributed by atoms with Crippen LogP contribution in [0.4, 0.5) is 34.1 Å². The summed E-state index contributed by atoms with van der Waals surface area (Å²) >= 11 is 0. The van der Waals surface area contributed by atoms with Gasteiger partial charge in [0.2, 0.25) is 0 Å². The SMILES string of the molecule is CC(C)(C)c1cccc2c1oc1c(N(c3ccccc3)c3ccc4cc5c(cc4c3)oc3c(C#N)c4oc6cc7cc(N(c8ccccc8)c8cccc9c8oc8c(C(C)(C)C)cccc89)ccc7cc6c4c(C#N)c35)cccc12. The number of anilines is 6. The number of benzene rings is 11. The zero-order valence-electron chi connectivity index (χ0n) is 44.9. The zero-order valence-corrected chi connectivity index (χ0v) is 44.9. The van der Waals surface area contributed by atoms with E-state index in [1.807, 2.05) is 48.5 Å². The minimum atomic E-state index is -0.118. The fraction of sp³-hybridized carbons (Fsp3) is 0.111. The van der Waals surface area contributed by atoms with Gasteiger partial charge in [-0.1, -0.05) is 151 Å². The molecule has 0 radical (unpaired) electrons. The molecule has 0 aliphatic heterocycles. The van der Waals surface area contributed by atoms with Crippen LogP contribution in [0.15, 0.2) is 212 Å². The molecule has 0 unspecified atom stereocenters. The smallest absolute Gasteiger partial charge is 0.159 e. The third-order valence-electron chi connectivity index (χ3n) is 16.1. The highest BCUT2D eigenvalue weighted by Crippen LogP contribution is 2.49. The van der Waals surface area contributed by atoms with Gasteiger partial charge in [0.05, 0.1) is 16.9 Å². The van der Waals surface area contributed by atoms with Crippen molar-refractivity contribution in [1.29, 1.82) is 10.5 Å². The summed E-state index contributed by atoms with van der Waals surface area (Å²) in [5.74, 6) is 0. The van der Waals surface area contributed by atoms with Crippen LogP contribution in [0.5, 0.6) is 0 Å². The van der Waals surface area contributed by atoms with Crippen LogP contribution >= 0.6 is 0 Å². The van der Waals surface area contributed by atoms with E-state index in [0.29, 0.717) is 38.7 Å². The molecule has 11 aromatic carbocycles. The van der Waals surface area contributed by atoms with Gasteiger partial charge in [-0.15, -0.1) is 0 Å². The van der Waals surface area contributed by atoms with Gasteiger partial charge < -0.3 is 27.5 Å². The molecule has 0 aliphatic rings. The third-order valence-corrected chi connectivity index (χ3v) is 16.1. The van der Waals surface area contributed by atoms with Gasteiger partial charge in [0.1, 0.15) is 40.0 Å². The fourth-order valence-corrected chi connectivity index (χ4v) is 12.4. The predicted molar refractivity (Wildman–Crippen MR) is 327 cm³/mol. The first-order chi connectivity index (χ1) is 38.8. The van der Waals surface area contributed by atoms with Crippen molar-refractivity contribution in [3.05, 3.63) is 216 Å². The minimum absolute atomic E-state index is 0.118. The Bertz CT molecular complexity index is 4880. The van der Waals surface area contributed by atoms with Gasteiger partial charge in [-0.2, -0.15) is 10.5 Å². The summed E-state index contributed by atoms with van der Waals surface area (Å²) in [6.45, 7) is 13.3. The van der Waals surface area contributed by atoms with E-state index in [9.17, 15) is 10.5 Å². The summed E-state index contributed by atoms with van der Waals surface area (Å²) in [4.78, 5) is 4.47.